The first-order valence-corrected chi connectivity index (χ1v) is 6.57. The van der Waals surface area contributed by atoms with Gasteiger partial charge in [-0.2, -0.15) is 0 Å². The highest BCUT2D eigenvalue weighted by atomic mass is 16.5. The van der Waals surface area contributed by atoms with E-state index < -0.39 is 0 Å². The van der Waals surface area contributed by atoms with Crippen LogP contribution in [0.2, 0.25) is 0 Å². The average Bonchev–Trinajstić information content (AvgIpc) is 2.30. The zero-order valence-corrected chi connectivity index (χ0v) is 12.2. The molecule has 17 heavy (non-hydrogen) atoms. The second kappa shape index (κ2) is 11.0. The molecule has 0 aromatic rings. The highest BCUT2D eigenvalue weighted by Crippen LogP contribution is 2.00. The van der Waals surface area contributed by atoms with Crippen molar-refractivity contribution in [2.45, 2.75) is 39.3 Å². The Morgan fingerprint density at radius 1 is 1.00 bits per heavy atom. The molecule has 0 aromatic heterocycles. The topological polar surface area (TPSA) is 33.7 Å². The largest absolute Gasteiger partial charge is 0.385 e. The summed E-state index contributed by atoms with van der Waals surface area (Å²) < 4.78 is 10.3. The summed E-state index contributed by atoms with van der Waals surface area (Å²) >= 11 is 0. The maximum absolute atomic E-state index is 5.16. The van der Waals surface area contributed by atoms with Gasteiger partial charge in [-0.15, -0.1) is 0 Å². The maximum atomic E-state index is 5.16. The summed E-state index contributed by atoms with van der Waals surface area (Å²) in [6.07, 6.45) is 1.08. The van der Waals surface area contributed by atoms with E-state index in [2.05, 4.69) is 31.0 Å². The van der Waals surface area contributed by atoms with Crippen LogP contribution in [0.5, 0.6) is 0 Å². The van der Waals surface area contributed by atoms with Crippen LogP contribution in [0.25, 0.3) is 0 Å². The molecule has 0 aliphatic rings. The molecule has 0 radical (unpaired) electrons. The van der Waals surface area contributed by atoms with Gasteiger partial charge in [0.15, 0.2) is 0 Å². The van der Waals surface area contributed by atoms with Gasteiger partial charge in [0.05, 0.1) is 6.61 Å². The van der Waals surface area contributed by atoms with Gasteiger partial charge < -0.3 is 14.8 Å². The van der Waals surface area contributed by atoms with Gasteiger partial charge in [-0.1, -0.05) is 13.8 Å². The van der Waals surface area contributed by atoms with Gasteiger partial charge in [0.1, 0.15) is 0 Å². The molecular formula is C13H30N2O2. The summed E-state index contributed by atoms with van der Waals surface area (Å²) in [5, 5.41) is 3.48. The first kappa shape index (κ1) is 16.8. The van der Waals surface area contributed by atoms with Gasteiger partial charge in [-0.25, -0.2) is 0 Å². The van der Waals surface area contributed by atoms with E-state index in [1.807, 2.05) is 0 Å². The van der Waals surface area contributed by atoms with Crippen molar-refractivity contribution >= 4 is 0 Å². The van der Waals surface area contributed by atoms with Gasteiger partial charge in [0, 0.05) is 52.5 Å². The van der Waals surface area contributed by atoms with E-state index >= 15 is 0 Å². The fourth-order valence-corrected chi connectivity index (χ4v) is 1.71. The van der Waals surface area contributed by atoms with Crippen LogP contribution in [-0.4, -0.2) is 64.1 Å². The molecule has 0 aliphatic carbocycles. The van der Waals surface area contributed by atoms with Gasteiger partial charge in [-0.3, -0.25) is 4.90 Å². The van der Waals surface area contributed by atoms with Crippen molar-refractivity contribution in [3.63, 3.8) is 0 Å². The monoisotopic (exact) mass is 246 g/mol. The highest BCUT2D eigenvalue weighted by Gasteiger charge is 2.13. The number of hydrogen-bond acceptors (Lipinski definition) is 4. The van der Waals surface area contributed by atoms with E-state index in [9.17, 15) is 0 Å². The Bertz CT molecular complexity index is 165. The second-order valence-corrected chi connectivity index (χ2v) is 4.79. The van der Waals surface area contributed by atoms with Crippen molar-refractivity contribution in [1.82, 2.24) is 10.2 Å². The predicted molar refractivity (Wildman–Crippen MR) is 72.5 cm³/mol. The number of rotatable bonds is 11. The van der Waals surface area contributed by atoms with E-state index in [1.165, 1.54) is 0 Å². The molecular weight excluding hydrogens is 216 g/mol. The molecule has 1 atom stereocenters. The second-order valence-electron chi connectivity index (χ2n) is 4.79. The van der Waals surface area contributed by atoms with Crippen LogP contribution in [0, 0.1) is 0 Å². The molecule has 0 spiro atoms. The van der Waals surface area contributed by atoms with Crippen LogP contribution in [0.4, 0.5) is 0 Å². The van der Waals surface area contributed by atoms with Crippen LogP contribution in [-0.2, 0) is 9.47 Å². The molecule has 0 amide bonds. The standard InChI is InChI=1S/C13H30N2O2/c1-12(2)14-11-13(3)15(8-10-17-5)7-6-9-16-4/h12-14H,6-11H2,1-5H3. The molecule has 1 unspecified atom stereocenters. The first-order valence-electron chi connectivity index (χ1n) is 6.57. The molecule has 0 saturated heterocycles. The summed E-state index contributed by atoms with van der Waals surface area (Å²) in [4.78, 5) is 2.46. The third-order valence-corrected chi connectivity index (χ3v) is 2.82. The van der Waals surface area contributed by atoms with E-state index in [0.717, 1.165) is 39.3 Å². The van der Waals surface area contributed by atoms with E-state index in [4.69, 9.17) is 9.47 Å². The minimum Gasteiger partial charge on any atom is -0.385 e. The SMILES string of the molecule is COCCCN(CCOC)C(C)CNC(C)C. The number of methoxy groups -OCH3 is 2. The summed E-state index contributed by atoms with van der Waals surface area (Å²) in [5.41, 5.74) is 0. The number of nitrogens with one attached hydrogen (secondary N) is 1. The maximum Gasteiger partial charge on any atom is 0.0589 e. The fourth-order valence-electron chi connectivity index (χ4n) is 1.71. The summed E-state index contributed by atoms with van der Waals surface area (Å²) in [7, 11) is 3.51. The van der Waals surface area contributed by atoms with Gasteiger partial charge >= 0.3 is 0 Å². The third-order valence-electron chi connectivity index (χ3n) is 2.82. The minimum atomic E-state index is 0.532. The Labute approximate surface area is 107 Å². The van der Waals surface area contributed by atoms with Crippen molar-refractivity contribution in [2.24, 2.45) is 0 Å². The van der Waals surface area contributed by atoms with Crippen molar-refractivity contribution in [3.05, 3.63) is 0 Å². The number of hydrogen-bond donors (Lipinski definition) is 1. The summed E-state index contributed by atoms with van der Waals surface area (Å²) in [6.45, 7) is 11.3. The predicted octanol–water partition coefficient (Wildman–Crippen LogP) is 1.36. The molecule has 0 aromatic carbocycles. The summed E-state index contributed by atoms with van der Waals surface area (Å²) in [5.74, 6) is 0. The molecule has 4 heteroatoms. The van der Waals surface area contributed by atoms with Gasteiger partial charge in [0.2, 0.25) is 0 Å². The zero-order chi connectivity index (χ0) is 13.1. The molecule has 0 saturated carbocycles. The van der Waals surface area contributed by atoms with E-state index in [0.29, 0.717) is 12.1 Å². The van der Waals surface area contributed by atoms with Crippen LogP contribution >= 0.6 is 0 Å². The Morgan fingerprint density at radius 3 is 2.18 bits per heavy atom. The first-order chi connectivity index (χ1) is 8.11. The van der Waals surface area contributed by atoms with Crippen molar-refractivity contribution in [1.29, 1.82) is 0 Å². The highest BCUT2D eigenvalue weighted by molar-refractivity contribution is 4.71. The lowest BCUT2D eigenvalue weighted by Gasteiger charge is -2.29. The molecule has 0 fully saturated rings. The lowest BCUT2D eigenvalue weighted by molar-refractivity contribution is 0.110. The third kappa shape index (κ3) is 9.53. The molecule has 0 heterocycles. The number of ether oxygens (including phenoxy) is 2. The van der Waals surface area contributed by atoms with Crippen LogP contribution in [0.1, 0.15) is 27.2 Å². The molecule has 1 N–H and O–H groups in total. The molecule has 0 bridgehead atoms. The normalized spacial score (nSPS) is 13.6. The minimum absolute atomic E-state index is 0.532. The van der Waals surface area contributed by atoms with Crippen LogP contribution < -0.4 is 5.32 Å². The Kier molecular flexibility index (Phi) is 10.9. The quantitative estimate of drug-likeness (QED) is 0.558. The van der Waals surface area contributed by atoms with Gasteiger partial charge in [-0.05, 0) is 13.3 Å². The molecule has 104 valence electrons. The van der Waals surface area contributed by atoms with Crippen molar-refractivity contribution in [2.75, 3.05) is 47.1 Å². The fraction of sp³-hybridized carbons (Fsp3) is 1.00. The zero-order valence-electron chi connectivity index (χ0n) is 12.2. The van der Waals surface area contributed by atoms with Gasteiger partial charge in [0.25, 0.3) is 0 Å². The Hall–Kier alpha value is -0.160. The van der Waals surface area contributed by atoms with Crippen LogP contribution in [0.15, 0.2) is 0 Å². The molecule has 4 nitrogen and oxygen atoms in total. The smallest absolute Gasteiger partial charge is 0.0589 e. The lowest BCUT2D eigenvalue weighted by Crippen LogP contribution is -2.44. The van der Waals surface area contributed by atoms with Crippen molar-refractivity contribution in [3.8, 4) is 0 Å². The average molecular weight is 246 g/mol. The summed E-state index contributed by atoms with van der Waals surface area (Å²) in [6, 6.07) is 1.07. The molecule has 0 rings (SSSR count). The Balaban J connectivity index is 3.95. The van der Waals surface area contributed by atoms with Crippen LogP contribution in [0.3, 0.4) is 0 Å². The lowest BCUT2D eigenvalue weighted by atomic mass is 10.2. The Morgan fingerprint density at radius 2 is 1.65 bits per heavy atom. The molecule has 0 aliphatic heterocycles. The van der Waals surface area contributed by atoms with E-state index in [-0.39, 0.29) is 0 Å². The van der Waals surface area contributed by atoms with E-state index in [1.54, 1.807) is 14.2 Å². The number of nitrogens with zero attached hydrogens (tertiary/aromatic N) is 1. The van der Waals surface area contributed by atoms with Crippen molar-refractivity contribution < 1.29 is 9.47 Å².